The van der Waals surface area contributed by atoms with Gasteiger partial charge in [0.15, 0.2) is 0 Å². The second-order valence-electron chi connectivity index (χ2n) is 2.98. The summed E-state index contributed by atoms with van der Waals surface area (Å²) in [6, 6.07) is 0. The summed E-state index contributed by atoms with van der Waals surface area (Å²) in [5, 5.41) is 1.39. The SMILES string of the molecule is Cn1cncc1C(=O)N1CCCO1. The van der Waals surface area contributed by atoms with Crippen LogP contribution in [0.1, 0.15) is 16.9 Å². The molecule has 5 heteroatoms. The van der Waals surface area contributed by atoms with Crippen molar-refractivity contribution < 1.29 is 9.63 Å². The molecule has 1 aromatic rings. The predicted molar refractivity (Wildman–Crippen MR) is 44.8 cm³/mol. The van der Waals surface area contributed by atoms with Gasteiger partial charge in [0.05, 0.1) is 25.7 Å². The molecule has 2 rings (SSSR count). The Morgan fingerprint density at radius 3 is 3.08 bits per heavy atom. The zero-order valence-electron chi connectivity index (χ0n) is 7.43. The van der Waals surface area contributed by atoms with Crippen LogP contribution in [0.3, 0.4) is 0 Å². The first-order chi connectivity index (χ1) is 6.29. The van der Waals surface area contributed by atoms with Gasteiger partial charge in [-0.15, -0.1) is 0 Å². The summed E-state index contributed by atoms with van der Waals surface area (Å²) in [7, 11) is 1.79. The molecule has 70 valence electrons. The molecule has 0 bridgehead atoms. The standard InChI is InChI=1S/C8H11N3O2/c1-10-6-9-5-7(10)8(12)11-3-2-4-13-11/h5-6H,2-4H2,1H3. The maximum atomic E-state index is 11.7. The molecule has 1 saturated heterocycles. The molecule has 0 spiro atoms. The summed E-state index contributed by atoms with van der Waals surface area (Å²) in [6.07, 6.45) is 4.05. The van der Waals surface area contributed by atoms with Crippen LogP contribution in [0.25, 0.3) is 0 Å². The minimum Gasteiger partial charge on any atom is -0.330 e. The van der Waals surface area contributed by atoms with Gasteiger partial charge in [-0.25, -0.2) is 10.0 Å². The van der Waals surface area contributed by atoms with E-state index in [1.165, 1.54) is 5.06 Å². The van der Waals surface area contributed by atoms with E-state index in [0.29, 0.717) is 18.8 Å². The molecule has 0 radical (unpaired) electrons. The first kappa shape index (κ1) is 8.25. The van der Waals surface area contributed by atoms with Crippen LogP contribution in [-0.4, -0.2) is 33.7 Å². The van der Waals surface area contributed by atoms with Gasteiger partial charge in [-0.3, -0.25) is 9.63 Å². The smallest absolute Gasteiger partial charge is 0.295 e. The van der Waals surface area contributed by atoms with Crippen molar-refractivity contribution in [2.75, 3.05) is 13.2 Å². The van der Waals surface area contributed by atoms with Gasteiger partial charge in [0, 0.05) is 7.05 Å². The molecule has 13 heavy (non-hydrogen) atoms. The van der Waals surface area contributed by atoms with Gasteiger partial charge in [-0.2, -0.15) is 0 Å². The van der Waals surface area contributed by atoms with E-state index < -0.39 is 0 Å². The van der Waals surface area contributed by atoms with Crippen LogP contribution in [0, 0.1) is 0 Å². The lowest BCUT2D eigenvalue weighted by molar-refractivity contribution is -0.0773. The van der Waals surface area contributed by atoms with Gasteiger partial charge in [-0.1, -0.05) is 0 Å². The van der Waals surface area contributed by atoms with E-state index >= 15 is 0 Å². The fourth-order valence-corrected chi connectivity index (χ4v) is 1.30. The van der Waals surface area contributed by atoms with Crippen molar-refractivity contribution in [1.29, 1.82) is 0 Å². The van der Waals surface area contributed by atoms with Crippen molar-refractivity contribution in [3.05, 3.63) is 18.2 Å². The number of hydroxylamine groups is 2. The van der Waals surface area contributed by atoms with Gasteiger partial charge in [0.1, 0.15) is 5.69 Å². The second kappa shape index (κ2) is 3.18. The number of carbonyl (C=O) groups excluding carboxylic acids is 1. The summed E-state index contributed by atoms with van der Waals surface area (Å²) < 4.78 is 1.68. The minimum absolute atomic E-state index is 0.113. The Labute approximate surface area is 75.9 Å². The molecule has 0 N–H and O–H groups in total. The molecule has 5 nitrogen and oxygen atoms in total. The van der Waals surface area contributed by atoms with E-state index in [1.54, 1.807) is 24.1 Å². The molecule has 1 aromatic heterocycles. The fraction of sp³-hybridized carbons (Fsp3) is 0.500. The quantitative estimate of drug-likeness (QED) is 0.621. The molecule has 1 amide bonds. The Morgan fingerprint density at radius 1 is 1.69 bits per heavy atom. The number of nitrogens with zero attached hydrogens (tertiary/aromatic N) is 3. The molecular weight excluding hydrogens is 170 g/mol. The highest BCUT2D eigenvalue weighted by Gasteiger charge is 2.22. The van der Waals surface area contributed by atoms with Gasteiger partial charge < -0.3 is 4.57 Å². The van der Waals surface area contributed by atoms with Gasteiger partial charge in [0.25, 0.3) is 5.91 Å². The van der Waals surface area contributed by atoms with Gasteiger partial charge in [-0.05, 0) is 6.42 Å². The van der Waals surface area contributed by atoms with Crippen LogP contribution in [0.15, 0.2) is 12.5 Å². The molecule has 0 atom stereocenters. The third-order valence-electron chi connectivity index (χ3n) is 2.01. The van der Waals surface area contributed by atoms with E-state index in [-0.39, 0.29) is 5.91 Å². The van der Waals surface area contributed by atoms with E-state index in [0.717, 1.165) is 6.42 Å². The number of hydrogen-bond donors (Lipinski definition) is 0. The molecular formula is C8H11N3O2. The zero-order valence-corrected chi connectivity index (χ0v) is 7.43. The number of carbonyl (C=O) groups is 1. The van der Waals surface area contributed by atoms with Crippen LogP contribution >= 0.6 is 0 Å². The van der Waals surface area contributed by atoms with Crippen LogP contribution in [0.5, 0.6) is 0 Å². The number of amides is 1. The van der Waals surface area contributed by atoms with E-state index in [2.05, 4.69) is 4.98 Å². The Kier molecular flexibility index (Phi) is 2.02. The maximum absolute atomic E-state index is 11.7. The number of aryl methyl sites for hydroxylation is 1. The summed E-state index contributed by atoms with van der Waals surface area (Å²) in [5.41, 5.74) is 0.557. The van der Waals surface area contributed by atoms with Gasteiger partial charge >= 0.3 is 0 Å². The van der Waals surface area contributed by atoms with Crippen molar-refractivity contribution in [3.8, 4) is 0 Å². The maximum Gasteiger partial charge on any atom is 0.295 e. The Hall–Kier alpha value is -1.36. The number of aromatic nitrogens is 2. The molecule has 1 aliphatic heterocycles. The van der Waals surface area contributed by atoms with Crippen molar-refractivity contribution in [1.82, 2.24) is 14.6 Å². The monoisotopic (exact) mass is 181 g/mol. The first-order valence-corrected chi connectivity index (χ1v) is 4.20. The molecule has 0 aromatic carbocycles. The highest BCUT2D eigenvalue weighted by molar-refractivity contribution is 5.91. The summed E-state index contributed by atoms with van der Waals surface area (Å²) in [6.45, 7) is 1.30. The summed E-state index contributed by atoms with van der Waals surface area (Å²) in [5.74, 6) is -0.113. The zero-order chi connectivity index (χ0) is 9.26. The molecule has 1 fully saturated rings. The molecule has 2 heterocycles. The fourth-order valence-electron chi connectivity index (χ4n) is 1.30. The largest absolute Gasteiger partial charge is 0.330 e. The van der Waals surface area contributed by atoms with Crippen molar-refractivity contribution in [2.45, 2.75) is 6.42 Å². The molecule has 1 aliphatic rings. The molecule has 0 aliphatic carbocycles. The average molecular weight is 181 g/mol. The van der Waals surface area contributed by atoms with E-state index in [9.17, 15) is 4.79 Å². The van der Waals surface area contributed by atoms with E-state index in [1.807, 2.05) is 0 Å². The number of rotatable bonds is 1. The average Bonchev–Trinajstić information content (AvgIpc) is 2.72. The third-order valence-corrected chi connectivity index (χ3v) is 2.01. The predicted octanol–water partition coefficient (Wildman–Crippen LogP) is 0.198. The highest BCUT2D eigenvalue weighted by Crippen LogP contribution is 2.09. The van der Waals surface area contributed by atoms with Crippen LogP contribution in [0.4, 0.5) is 0 Å². The lowest BCUT2D eigenvalue weighted by Crippen LogP contribution is -2.28. The highest BCUT2D eigenvalue weighted by atomic mass is 16.7. The summed E-state index contributed by atoms with van der Waals surface area (Å²) in [4.78, 5) is 20.7. The Bertz CT molecular complexity index is 315. The minimum atomic E-state index is -0.113. The molecule has 0 unspecified atom stereocenters. The van der Waals surface area contributed by atoms with Crippen molar-refractivity contribution >= 4 is 5.91 Å². The number of imidazole rings is 1. The second-order valence-corrected chi connectivity index (χ2v) is 2.98. The lowest BCUT2D eigenvalue weighted by atomic mass is 10.4. The van der Waals surface area contributed by atoms with Gasteiger partial charge in [0.2, 0.25) is 0 Å². The normalized spacial score (nSPS) is 16.5. The number of hydrogen-bond acceptors (Lipinski definition) is 3. The lowest BCUT2D eigenvalue weighted by Gasteiger charge is -2.13. The van der Waals surface area contributed by atoms with Crippen LogP contribution in [-0.2, 0) is 11.9 Å². The third kappa shape index (κ3) is 1.42. The Morgan fingerprint density at radius 2 is 2.54 bits per heavy atom. The Balaban J connectivity index is 2.17. The molecule has 0 saturated carbocycles. The van der Waals surface area contributed by atoms with E-state index in [4.69, 9.17) is 4.84 Å². The van der Waals surface area contributed by atoms with Crippen molar-refractivity contribution in [3.63, 3.8) is 0 Å². The topological polar surface area (TPSA) is 47.4 Å². The van der Waals surface area contributed by atoms with Crippen LogP contribution < -0.4 is 0 Å². The summed E-state index contributed by atoms with van der Waals surface area (Å²) >= 11 is 0. The van der Waals surface area contributed by atoms with Crippen molar-refractivity contribution in [2.24, 2.45) is 7.05 Å². The van der Waals surface area contributed by atoms with Crippen LogP contribution in [0.2, 0.25) is 0 Å². The first-order valence-electron chi connectivity index (χ1n) is 4.20.